The maximum Gasteiger partial charge on any atom is 0.224 e. The second-order valence-corrected chi connectivity index (χ2v) is 7.06. The molecular weight excluding hydrogens is 290 g/mol. The van der Waals surface area contributed by atoms with Gasteiger partial charge in [0.15, 0.2) is 11.5 Å². The van der Waals surface area contributed by atoms with E-state index < -0.39 is 0 Å². The number of methoxy groups -OCH3 is 2. The standard InChI is InChI=1S/C19H27NO3/c1-12(16-9-13-4-6-15(16)8-13)20-19(21)11-14-5-7-17(22-2)18(10-14)23-3/h5,7,10,12-13,15-16H,4,6,8-9,11H2,1-3H3,(H,20,21)/t12-,13+,15-,16+/m0/s1. The Morgan fingerprint density at radius 2 is 2.00 bits per heavy atom. The molecule has 2 aliphatic carbocycles. The lowest BCUT2D eigenvalue weighted by molar-refractivity contribution is -0.121. The second kappa shape index (κ2) is 6.81. The van der Waals surface area contributed by atoms with Crippen LogP contribution >= 0.6 is 0 Å². The lowest BCUT2D eigenvalue weighted by atomic mass is 9.84. The SMILES string of the molecule is COc1ccc(CC(=O)N[C@@H](C)[C@H]2C[C@@H]3CC[C@H]2C3)cc1OC. The van der Waals surface area contributed by atoms with Gasteiger partial charge in [0.1, 0.15) is 0 Å². The highest BCUT2D eigenvalue weighted by Crippen LogP contribution is 2.49. The van der Waals surface area contributed by atoms with Crippen LogP contribution in [-0.4, -0.2) is 26.2 Å². The Kier molecular flexibility index (Phi) is 4.79. The van der Waals surface area contributed by atoms with Crippen molar-refractivity contribution in [1.82, 2.24) is 5.32 Å². The first-order chi connectivity index (χ1) is 11.1. The average molecular weight is 317 g/mol. The zero-order valence-electron chi connectivity index (χ0n) is 14.3. The van der Waals surface area contributed by atoms with Crippen molar-refractivity contribution in [3.05, 3.63) is 23.8 Å². The van der Waals surface area contributed by atoms with Gasteiger partial charge < -0.3 is 14.8 Å². The molecule has 0 aromatic heterocycles. The van der Waals surface area contributed by atoms with Crippen LogP contribution in [-0.2, 0) is 11.2 Å². The highest BCUT2D eigenvalue weighted by molar-refractivity contribution is 5.79. The van der Waals surface area contributed by atoms with Crippen LogP contribution < -0.4 is 14.8 Å². The van der Waals surface area contributed by atoms with E-state index in [1.54, 1.807) is 14.2 Å². The molecule has 2 bridgehead atoms. The van der Waals surface area contributed by atoms with Crippen LogP contribution in [0, 0.1) is 17.8 Å². The zero-order valence-corrected chi connectivity index (χ0v) is 14.3. The minimum atomic E-state index is 0.0903. The fraction of sp³-hybridized carbons (Fsp3) is 0.632. The summed E-state index contributed by atoms with van der Waals surface area (Å²) in [6.07, 6.45) is 5.80. The molecule has 4 heteroatoms. The Hall–Kier alpha value is -1.71. The molecule has 2 aliphatic rings. The van der Waals surface area contributed by atoms with Gasteiger partial charge in [0.05, 0.1) is 20.6 Å². The number of rotatable bonds is 6. The molecule has 23 heavy (non-hydrogen) atoms. The summed E-state index contributed by atoms with van der Waals surface area (Å²) < 4.78 is 10.5. The van der Waals surface area contributed by atoms with Crippen LogP contribution in [0.5, 0.6) is 11.5 Å². The summed E-state index contributed by atoms with van der Waals surface area (Å²) in [4.78, 5) is 12.4. The summed E-state index contributed by atoms with van der Waals surface area (Å²) >= 11 is 0. The van der Waals surface area contributed by atoms with Crippen LogP contribution in [0.2, 0.25) is 0 Å². The number of carbonyl (C=O) groups is 1. The molecule has 0 spiro atoms. The van der Waals surface area contributed by atoms with Gasteiger partial charge in [-0.15, -0.1) is 0 Å². The lowest BCUT2D eigenvalue weighted by Gasteiger charge is -2.28. The minimum absolute atomic E-state index is 0.0903. The van der Waals surface area contributed by atoms with Crippen LogP contribution in [0.4, 0.5) is 0 Å². The lowest BCUT2D eigenvalue weighted by Crippen LogP contribution is -2.40. The molecule has 0 aliphatic heterocycles. The molecule has 0 saturated heterocycles. The molecule has 2 saturated carbocycles. The Morgan fingerprint density at radius 3 is 2.61 bits per heavy atom. The molecular formula is C19H27NO3. The highest BCUT2D eigenvalue weighted by Gasteiger charge is 2.42. The summed E-state index contributed by atoms with van der Waals surface area (Å²) in [5.74, 6) is 3.85. The van der Waals surface area contributed by atoms with Crippen molar-refractivity contribution >= 4 is 5.91 Å². The first-order valence-electron chi connectivity index (χ1n) is 8.61. The monoisotopic (exact) mass is 317 g/mol. The maximum atomic E-state index is 12.4. The van der Waals surface area contributed by atoms with Gasteiger partial charge in [-0.1, -0.05) is 12.5 Å². The number of nitrogens with one attached hydrogen (secondary N) is 1. The summed E-state index contributed by atoms with van der Waals surface area (Å²) in [7, 11) is 3.22. The van der Waals surface area contributed by atoms with Crippen LogP contribution in [0.1, 0.15) is 38.2 Å². The molecule has 1 aromatic rings. The number of benzene rings is 1. The Labute approximate surface area is 138 Å². The molecule has 4 nitrogen and oxygen atoms in total. The first-order valence-corrected chi connectivity index (χ1v) is 8.61. The van der Waals surface area contributed by atoms with Gasteiger partial charge in [0, 0.05) is 6.04 Å². The van der Waals surface area contributed by atoms with Crippen molar-refractivity contribution in [1.29, 1.82) is 0 Å². The normalized spacial score (nSPS) is 26.8. The van der Waals surface area contributed by atoms with E-state index in [0.717, 1.165) is 17.4 Å². The molecule has 0 unspecified atom stereocenters. The third kappa shape index (κ3) is 3.46. The van der Waals surface area contributed by atoms with Gasteiger partial charge >= 0.3 is 0 Å². The summed E-state index contributed by atoms with van der Waals surface area (Å²) in [6.45, 7) is 2.16. The molecule has 126 valence electrons. The predicted molar refractivity (Wildman–Crippen MR) is 89.8 cm³/mol. The van der Waals surface area contributed by atoms with Gasteiger partial charge in [-0.05, 0) is 61.6 Å². The molecule has 1 N–H and O–H groups in total. The van der Waals surface area contributed by atoms with Crippen LogP contribution in [0.25, 0.3) is 0 Å². The van der Waals surface area contributed by atoms with Gasteiger partial charge in [-0.2, -0.15) is 0 Å². The van der Waals surface area contributed by atoms with Gasteiger partial charge in [0.2, 0.25) is 5.91 Å². The van der Waals surface area contributed by atoms with Gasteiger partial charge in [-0.3, -0.25) is 4.79 Å². The highest BCUT2D eigenvalue weighted by atomic mass is 16.5. The van der Waals surface area contributed by atoms with Gasteiger partial charge in [0.25, 0.3) is 0 Å². The van der Waals surface area contributed by atoms with Crippen LogP contribution in [0.3, 0.4) is 0 Å². The third-order valence-corrected chi connectivity index (χ3v) is 5.64. The van der Waals surface area contributed by atoms with Crippen LogP contribution in [0.15, 0.2) is 18.2 Å². The number of fused-ring (bicyclic) bond motifs is 2. The van der Waals surface area contributed by atoms with E-state index in [4.69, 9.17) is 9.47 Å². The molecule has 1 aromatic carbocycles. The fourth-order valence-corrected chi connectivity index (χ4v) is 4.49. The summed E-state index contributed by atoms with van der Waals surface area (Å²) in [6, 6.07) is 5.92. The van der Waals surface area contributed by atoms with E-state index in [2.05, 4.69) is 12.2 Å². The number of ether oxygens (including phenoxy) is 2. The van der Waals surface area contributed by atoms with Gasteiger partial charge in [-0.25, -0.2) is 0 Å². The number of hydrogen-bond acceptors (Lipinski definition) is 3. The number of carbonyl (C=O) groups excluding carboxylic acids is 1. The van der Waals surface area contributed by atoms with Crippen molar-refractivity contribution in [3.63, 3.8) is 0 Å². The second-order valence-electron chi connectivity index (χ2n) is 7.06. The van der Waals surface area contributed by atoms with Crippen molar-refractivity contribution in [2.45, 2.75) is 45.1 Å². The topological polar surface area (TPSA) is 47.6 Å². The van der Waals surface area contributed by atoms with E-state index in [-0.39, 0.29) is 11.9 Å². The van der Waals surface area contributed by atoms with Crippen molar-refractivity contribution in [3.8, 4) is 11.5 Å². The molecule has 4 atom stereocenters. The molecule has 0 radical (unpaired) electrons. The Balaban J connectivity index is 1.57. The van der Waals surface area contributed by atoms with E-state index in [0.29, 0.717) is 23.8 Å². The largest absolute Gasteiger partial charge is 0.493 e. The van der Waals surface area contributed by atoms with E-state index in [1.807, 2.05) is 18.2 Å². The average Bonchev–Trinajstić information content (AvgIpc) is 3.17. The molecule has 0 heterocycles. The van der Waals surface area contributed by atoms with E-state index in [1.165, 1.54) is 25.7 Å². The van der Waals surface area contributed by atoms with Crippen molar-refractivity contribution < 1.29 is 14.3 Å². The van der Waals surface area contributed by atoms with Crippen molar-refractivity contribution in [2.75, 3.05) is 14.2 Å². The number of amides is 1. The van der Waals surface area contributed by atoms with E-state index >= 15 is 0 Å². The third-order valence-electron chi connectivity index (χ3n) is 5.64. The smallest absolute Gasteiger partial charge is 0.224 e. The van der Waals surface area contributed by atoms with Crippen molar-refractivity contribution in [2.24, 2.45) is 17.8 Å². The quantitative estimate of drug-likeness (QED) is 0.876. The molecule has 1 amide bonds. The summed E-state index contributed by atoms with van der Waals surface area (Å²) in [5, 5.41) is 3.21. The first kappa shape index (κ1) is 16.2. The maximum absolute atomic E-state index is 12.4. The zero-order chi connectivity index (χ0) is 16.4. The minimum Gasteiger partial charge on any atom is -0.493 e. The molecule has 2 fully saturated rings. The summed E-state index contributed by atoms with van der Waals surface area (Å²) in [5.41, 5.74) is 0.945. The predicted octanol–water partition coefficient (Wildman–Crippen LogP) is 3.19. The fourth-order valence-electron chi connectivity index (χ4n) is 4.49. The van der Waals surface area contributed by atoms with E-state index in [9.17, 15) is 4.79 Å². The Bertz CT molecular complexity index is 572. The molecule has 3 rings (SSSR count). The Morgan fingerprint density at radius 1 is 1.22 bits per heavy atom. The number of hydrogen-bond donors (Lipinski definition) is 1.